The predicted octanol–water partition coefficient (Wildman–Crippen LogP) is 5.02. The third kappa shape index (κ3) is 4.69. The van der Waals surface area contributed by atoms with Gasteiger partial charge in [0.2, 0.25) is 0 Å². The van der Waals surface area contributed by atoms with Gasteiger partial charge >= 0.3 is 6.18 Å². The Bertz CT molecular complexity index is 1130. The van der Waals surface area contributed by atoms with Crippen LogP contribution in [0.4, 0.5) is 13.2 Å². The molecule has 3 aromatic carbocycles. The Hall–Kier alpha value is -3.16. The summed E-state index contributed by atoms with van der Waals surface area (Å²) in [6.45, 7) is 0. The number of aromatic hydroxyl groups is 1. The molecule has 4 rings (SSSR count). The van der Waals surface area contributed by atoms with Crippen molar-refractivity contribution < 1.29 is 28.3 Å². The molecule has 4 nitrogen and oxygen atoms in total. The summed E-state index contributed by atoms with van der Waals surface area (Å²) in [5.41, 5.74) is 2.24. The first-order valence-electron chi connectivity index (χ1n) is 9.88. The highest BCUT2D eigenvalue weighted by Crippen LogP contribution is 2.33. The number of phenols is 1. The van der Waals surface area contributed by atoms with Crippen LogP contribution in [0.15, 0.2) is 72.8 Å². The van der Waals surface area contributed by atoms with Gasteiger partial charge in [-0.25, -0.2) is 0 Å². The third-order valence-corrected chi connectivity index (χ3v) is 5.64. The van der Waals surface area contributed by atoms with E-state index in [0.29, 0.717) is 21.9 Å². The molecule has 8 heteroatoms. The maximum atomic E-state index is 13.0. The van der Waals surface area contributed by atoms with Crippen LogP contribution in [-0.2, 0) is 6.18 Å². The summed E-state index contributed by atoms with van der Waals surface area (Å²) in [6.07, 6.45) is -2.83. The Morgan fingerprint density at radius 1 is 1.00 bits per heavy atom. The van der Waals surface area contributed by atoms with E-state index in [1.165, 1.54) is 18.2 Å². The van der Waals surface area contributed by atoms with E-state index in [4.69, 9.17) is 16.3 Å². The first kappa shape index (κ1) is 22.0. The molecule has 2 atom stereocenters. The molecule has 32 heavy (non-hydrogen) atoms. The molecule has 1 heterocycles. The lowest BCUT2D eigenvalue weighted by Crippen LogP contribution is -2.89. The molecule has 1 aliphatic heterocycles. The molecule has 4 N–H and O–H groups in total. The summed E-state index contributed by atoms with van der Waals surface area (Å²) >= 11 is 6.15. The zero-order valence-corrected chi connectivity index (χ0v) is 17.8. The van der Waals surface area contributed by atoms with Crippen molar-refractivity contribution >= 4 is 17.3 Å². The maximum Gasteiger partial charge on any atom is 0.416 e. The van der Waals surface area contributed by atoms with Crippen LogP contribution in [0.3, 0.4) is 0 Å². The Morgan fingerprint density at radius 3 is 2.31 bits per heavy atom. The molecule has 0 aliphatic carbocycles. The number of quaternary nitrogens is 1. The smallest absolute Gasteiger partial charge is 0.416 e. The van der Waals surface area contributed by atoms with E-state index in [0.717, 1.165) is 23.4 Å². The number of hydrogen-bond donors (Lipinski definition) is 3. The second kappa shape index (κ2) is 8.76. The molecule has 0 fully saturated rings. The van der Waals surface area contributed by atoms with Gasteiger partial charge in [0, 0.05) is 22.4 Å². The minimum Gasteiger partial charge on any atom is -0.507 e. The highest BCUT2D eigenvalue weighted by Gasteiger charge is 2.32. The molecule has 0 saturated heterocycles. The topological polar surface area (TPSA) is 58.1 Å². The molecule has 1 aliphatic rings. The second-order valence-corrected chi connectivity index (χ2v) is 7.91. The highest BCUT2D eigenvalue weighted by atomic mass is 35.5. The molecular formula is C24H21ClF3N2O2+. The van der Waals surface area contributed by atoms with Crippen LogP contribution in [0.2, 0.25) is 5.02 Å². The van der Waals surface area contributed by atoms with E-state index < -0.39 is 11.7 Å². The molecular weight excluding hydrogens is 441 g/mol. The molecule has 0 aromatic heterocycles. The van der Waals surface area contributed by atoms with E-state index in [-0.39, 0.29) is 18.0 Å². The lowest BCUT2D eigenvalue weighted by Gasteiger charge is -2.30. The zero-order chi connectivity index (χ0) is 22.9. The van der Waals surface area contributed by atoms with Gasteiger partial charge in [0.1, 0.15) is 17.5 Å². The Kier molecular flexibility index (Phi) is 6.04. The lowest BCUT2D eigenvalue weighted by molar-refractivity contribution is -0.731. The zero-order valence-electron chi connectivity index (χ0n) is 17.0. The molecule has 0 saturated carbocycles. The first-order valence-corrected chi connectivity index (χ1v) is 10.3. The van der Waals surface area contributed by atoms with Crippen molar-refractivity contribution in [3.63, 3.8) is 0 Å². The van der Waals surface area contributed by atoms with Crippen molar-refractivity contribution in [1.82, 2.24) is 5.32 Å². The number of ether oxygens (including phenoxy) is 1. The van der Waals surface area contributed by atoms with E-state index in [9.17, 15) is 18.3 Å². The molecule has 0 radical (unpaired) electrons. The number of nitrogens with two attached hydrogens (primary N) is 1. The highest BCUT2D eigenvalue weighted by molar-refractivity contribution is 6.30. The Balaban J connectivity index is 1.73. The summed E-state index contributed by atoms with van der Waals surface area (Å²) in [4.78, 5) is 0. The van der Waals surface area contributed by atoms with Gasteiger partial charge in [-0.2, -0.15) is 13.2 Å². The minimum atomic E-state index is -4.40. The fourth-order valence-electron chi connectivity index (χ4n) is 3.72. The largest absolute Gasteiger partial charge is 0.507 e. The van der Waals surface area contributed by atoms with Gasteiger partial charge < -0.3 is 20.5 Å². The molecule has 0 spiro atoms. The van der Waals surface area contributed by atoms with Gasteiger partial charge in [0.15, 0.2) is 6.17 Å². The van der Waals surface area contributed by atoms with Crippen molar-refractivity contribution in [2.24, 2.45) is 0 Å². The summed E-state index contributed by atoms with van der Waals surface area (Å²) in [5, 5.41) is 16.2. The fraction of sp³-hybridized carbons (Fsp3) is 0.167. The number of benzene rings is 3. The van der Waals surface area contributed by atoms with Gasteiger partial charge in [-0.3, -0.25) is 0 Å². The van der Waals surface area contributed by atoms with Crippen LogP contribution in [-0.4, -0.2) is 12.2 Å². The maximum absolute atomic E-state index is 13.0. The number of alkyl halides is 3. The molecule has 166 valence electrons. The van der Waals surface area contributed by atoms with Crippen LogP contribution in [0.5, 0.6) is 11.5 Å². The van der Waals surface area contributed by atoms with Crippen molar-refractivity contribution in [2.75, 3.05) is 7.11 Å². The average Bonchev–Trinajstić information content (AvgIpc) is 2.80. The van der Waals surface area contributed by atoms with Crippen LogP contribution < -0.4 is 15.4 Å². The summed E-state index contributed by atoms with van der Waals surface area (Å²) < 4.78 is 44.2. The second-order valence-electron chi connectivity index (χ2n) is 7.47. The first-order chi connectivity index (χ1) is 15.2. The van der Waals surface area contributed by atoms with Crippen LogP contribution in [0.1, 0.15) is 34.5 Å². The fourth-order valence-corrected chi connectivity index (χ4v) is 3.90. The number of halogens is 4. The number of phenolic OH excluding ortho intramolecular Hbond substituents is 1. The monoisotopic (exact) mass is 461 g/mol. The third-order valence-electron chi connectivity index (χ3n) is 5.40. The van der Waals surface area contributed by atoms with Crippen molar-refractivity contribution in [1.29, 1.82) is 0 Å². The van der Waals surface area contributed by atoms with Gasteiger partial charge in [-0.1, -0.05) is 23.7 Å². The van der Waals surface area contributed by atoms with Gasteiger partial charge in [-0.15, -0.1) is 0 Å². The Labute approximate surface area is 188 Å². The summed E-state index contributed by atoms with van der Waals surface area (Å²) in [5.74, 6) is 0.800. The summed E-state index contributed by atoms with van der Waals surface area (Å²) in [6, 6.07) is 17.0. The standard InChI is InChI=1S/C24H20ClF3N2O2/c1-32-18-9-4-14(5-10-18)20-13-21(19-12-17(25)8-11-22(19)31)30-23(29-20)15-2-6-16(7-3-15)24(26,27)28/h2-13,21,23,29-31H,1H3/p+1. The van der Waals surface area contributed by atoms with E-state index in [1.807, 2.05) is 35.7 Å². The predicted molar refractivity (Wildman–Crippen MR) is 116 cm³/mol. The van der Waals surface area contributed by atoms with E-state index in [1.54, 1.807) is 19.2 Å². The van der Waals surface area contributed by atoms with E-state index in [2.05, 4.69) is 5.32 Å². The normalized spacial score (nSPS) is 18.6. The van der Waals surface area contributed by atoms with Crippen molar-refractivity contribution in [3.8, 4) is 11.5 Å². The van der Waals surface area contributed by atoms with E-state index >= 15 is 0 Å². The van der Waals surface area contributed by atoms with Crippen LogP contribution in [0, 0.1) is 0 Å². The van der Waals surface area contributed by atoms with Crippen molar-refractivity contribution in [3.05, 3.63) is 100 Å². The summed E-state index contributed by atoms with van der Waals surface area (Å²) in [7, 11) is 1.58. The van der Waals surface area contributed by atoms with Gasteiger partial charge in [0.25, 0.3) is 0 Å². The average molecular weight is 462 g/mol. The van der Waals surface area contributed by atoms with Gasteiger partial charge in [0.05, 0.1) is 18.2 Å². The van der Waals surface area contributed by atoms with Crippen LogP contribution >= 0.6 is 11.6 Å². The lowest BCUT2D eigenvalue weighted by atomic mass is 9.97. The quantitative estimate of drug-likeness (QED) is 0.511. The minimum absolute atomic E-state index is 0.0917. The van der Waals surface area contributed by atoms with Crippen molar-refractivity contribution in [2.45, 2.75) is 18.4 Å². The Morgan fingerprint density at radius 2 is 1.69 bits per heavy atom. The number of hydrogen-bond acceptors (Lipinski definition) is 3. The van der Waals surface area contributed by atoms with Gasteiger partial charge in [-0.05, 0) is 60.2 Å². The number of nitrogens with one attached hydrogen (secondary N) is 1. The SMILES string of the molecule is COc1ccc(C2=CC(c3cc(Cl)ccc3O)[NH2+]C(c3ccc(C(F)(F)F)cc3)N2)cc1. The molecule has 0 bridgehead atoms. The number of rotatable bonds is 4. The molecule has 3 aromatic rings. The number of methoxy groups -OCH3 is 1. The van der Waals surface area contributed by atoms with Crippen LogP contribution in [0.25, 0.3) is 5.70 Å². The molecule has 2 unspecified atom stereocenters. The molecule has 0 amide bonds.